The van der Waals surface area contributed by atoms with Crippen LogP contribution in [0.1, 0.15) is 16.1 Å². The van der Waals surface area contributed by atoms with Crippen LogP contribution in [0.2, 0.25) is 0 Å². The summed E-state index contributed by atoms with van der Waals surface area (Å²) in [6, 6.07) is 1.58. The van der Waals surface area contributed by atoms with E-state index in [0.717, 1.165) is 0 Å². The number of carbonyl (C=O) groups is 1. The van der Waals surface area contributed by atoms with E-state index in [4.69, 9.17) is 9.52 Å². The lowest BCUT2D eigenvalue weighted by molar-refractivity contribution is 0.110. The first kappa shape index (κ1) is 7.58. The van der Waals surface area contributed by atoms with E-state index in [1.54, 1.807) is 6.07 Å². The number of carbonyl (C=O) groups excluding carboxylic acids is 1. The Morgan fingerprint density at radius 1 is 1.73 bits per heavy atom. The summed E-state index contributed by atoms with van der Waals surface area (Å²) < 4.78 is 4.76. The van der Waals surface area contributed by atoms with Crippen molar-refractivity contribution in [2.75, 3.05) is 6.61 Å². The maximum absolute atomic E-state index is 10.2. The molecule has 0 aromatic carbocycles. The molecular formula is C8H6O3. The first-order valence-electron chi connectivity index (χ1n) is 3.01. The predicted octanol–water partition coefficient (Wildman–Crippen LogP) is 0.436. The fraction of sp³-hybridized carbons (Fsp3) is 0.125. The van der Waals surface area contributed by atoms with Gasteiger partial charge in [0, 0.05) is 0 Å². The fourth-order valence-electron chi connectivity index (χ4n) is 0.650. The minimum atomic E-state index is -0.219. The van der Waals surface area contributed by atoms with Gasteiger partial charge in [-0.15, -0.1) is 0 Å². The fourth-order valence-corrected chi connectivity index (χ4v) is 0.650. The van der Waals surface area contributed by atoms with Crippen molar-refractivity contribution in [1.82, 2.24) is 0 Å². The monoisotopic (exact) mass is 150 g/mol. The Labute approximate surface area is 63.6 Å². The van der Waals surface area contributed by atoms with Gasteiger partial charge in [-0.1, -0.05) is 11.8 Å². The van der Waals surface area contributed by atoms with Crippen molar-refractivity contribution in [3.63, 3.8) is 0 Å². The quantitative estimate of drug-likeness (QED) is 0.466. The summed E-state index contributed by atoms with van der Waals surface area (Å²) in [7, 11) is 0. The Morgan fingerprint density at radius 2 is 2.55 bits per heavy atom. The van der Waals surface area contributed by atoms with E-state index in [2.05, 4.69) is 11.8 Å². The minimum Gasteiger partial charge on any atom is -0.460 e. The summed E-state index contributed by atoms with van der Waals surface area (Å²) in [5.41, 5.74) is 0.508. The molecule has 1 aromatic rings. The molecule has 1 N–H and O–H groups in total. The third-order valence-electron chi connectivity index (χ3n) is 1.10. The molecule has 56 valence electrons. The summed E-state index contributed by atoms with van der Waals surface area (Å²) >= 11 is 0. The van der Waals surface area contributed by atoms with Crippen LogP contribution in [0.15, 0.2) is 16.7 Å². The number of hydrogen-bond donors (Lipinski definition) is 1. The van der Waals surface area contributed by atoms with Crippen molar-refractivity contribution in [3.8, 4) is 11.8 Å². The summed E-state index contributed by atoms with van der Waals surface area (Å²) in [5, 5.41) is 8.34. The molecule has 1 rings (SSSR count). The lowest BCUT2D eigenvalue weighted by Gasteiger charge is -1.80. The van der Waals surface area contributed by atoms with Gasteiger partial charge in [0.15, 0.2) is 12.0 Å². The van der Waals surface area contributed by atoms with E-state index in [0.29, 0.717) is 11.8 Å². The maximum atomic E-state index is 10.2. The van der Waals surface area contributed by atoms with E-state index in [9.17, 15) is 4.79 Å². The highest BCUT2D eigenvalue weighted by molar-refractivity contribution is 5.75. The average Bonchev–Trinajstić information content (AvgIpc) is 2.47. The van der Waals surface area contributed by atoms with Crippen LogP contribution in [0, 0.1) is 11.8 Å². The zero-order chi connectivity index (χ0) is 8.10. The SMILES string of the molecule is O=Cc1occc1C#CCO. The predicted molar refractivity (Wildman–Crippen MR) is 38.1 cm³/mol. The molecule has 1 heterocycles. The van der Waals surface area contributed by atoms with Crippen molar-refractivity contribution in [3.05, 3.63) is 23.7 Å². The minimum absolute atomic E-state index is 0.200. The molecule has 0 bridgehead atoms. The standard InChI is InChI=1S/C8H6O3/c9-4-1-2-7-3-5-11-8(7)6-10/h3,5-6,9H,4H2. The van der Waals surface area contributed by atoms with Gasteiger partial charge in [-0.05, 0) is 6.07 Å². The Bertz CT molecular complexity index is 301. The molecule has 0 unspecified atom stereocenters. The maximum Gasteiger partial charge on any atom is 0.186 e. The van der Waals surface area contributed by atoms with Crippen LogP contribution in [0.5, 0.6) is 0 Å². The smallest absolute Gasteiger partial charge is 0.186 e. The number of aliphatic hydroxyl groups is 1. The molecule has 0 fully saturated rings. The molecule has 0 atom stereocenters. The molecule has 11 heavy (non-hydrogen) atoms. The van der Waals surface area contributed by atoms with Crippen LogP contribution in [0.3, 0.4) is 0 Å². The zero-order valence-electron chi connectivity index (χ0n) is 5.70. The average molecular weight is 150 g/mol. The topological polar surface area (TPSA) is 50.4 Å². The van der Waals surface area contributed by atoms with Crippen molar-refractivity contribution in [2.24, 2.45) is 0 Å². The number of furan rings is 1. The van der Waals surface area contributed by atoms with E-state index in [1.807, 2.05) is 0 Å². The Hall–Kier alpha value is -1.53. The zero-order valence-corrected chi connectivity index (χ0v) is 5.70. The van der Waals surface area contributed by atoms with Crippen LogP contribution in [-0.2, 0) is 0 Å². The summed E-state index contributed by atoms with van der Waals surface area (Å²) in [6.45, 7) is -0.219. The number of aldehydes is 1. The van der Waals surface area contributed by atoms with Crippen LogP contribution >= 0.6 is 0 Å². The van der Waals surface area contributed by atoms with E-state index >= 15 is 0 Å². The molecular weight excluding hydrogens is 144 g/mol. The van der Waals surface area contributed by atoms with Crippen LogP contribution < -0.4 is 0 Å². The van der Waals surface area contributed by atoms with Crippen LogP contribution in [-0.4, -0.2) is 18.0 Å². The van der Waals surface area contributed by atoms with Gasteiger partial charge < -0.3 is 9.52 Å². The summed E-state index contributed by atoms with van der Waals surface area (Å²) in [4.78, 5) is 10.2. The van der Waals surface area contributed by atoms with Gasteiger partial charge in [0.05, 0.1) is 11.8 Å². The highest BCUT2D eigenvalue weighted by Crippen LogP contribution is 2.04. The molecule has 0 aliphatic rings. The Morgan fingerprint density at radius 3 is 3.18 bits per heavy atom. The van der Waals surface area contributed by atoms with Gasteiger partial charge in [0.25, 0.3) is 0 Å². The molecule has 0 aliphatic carbocycles. The van der Waals surface area contributed by atoms with Crippen molar-refractivity contribution in [2.45, 2.75) is 0 Å². The highest BCUT2D eigenvalue weighted by atomic mass is 16.3. The second-order valence-corrected chi connectivity index (χ2v) is 1.78. The molecule has 0 saturated carbocycles. The van der Waals surface area contributed by atoms with Gasteiger partial charge in [0.1, 0.15) is 6.61 Å². The van der Waals surface area contributed by atoms with Crippen LogP contribution in [0.25, 0.3) is 0 Å². The second kappa shape index (κ2) is 3.59. The molecule has 3 nitrogen and oxygen atoms in total. The Balaban J connectivity index is 2.93. The molecule has 0 radical (unpaired) electrons. The summed E-state index contributed by atoms with van der Waals surface area (Å²) in [6.07, 6.45) is 1.96. The largest absolute Gasteiger partial charge is 0.460 e. The van der Waals surface area contributed by atoms with Gasteiger partial charge >= 0.3 is 0 Å². The number of rotatable bonds is 1. The van der Waals surface area contributed by atoms with Crippen molar-refractivity contribution < 1.29 is 14.3 Å². The Kier molecular flexibility index (Phi) is 2.47. The molecule has 1 aromatic heterocycles. The molecule has 3 heteroatoms. The van der Waals surface area contributed by atoms with E-state index in [-0.39, 0.29) is 12.4 Å². The molecule has 0 aliphatic heterocycles. The molecule has 0 saturated heterocycles. The van der Waals surface area contributed by atoms with E-state index < -0.39 is 0 Å². The van der Waals surface area contributed by atoms with Gasteiger partial charge in [-0.2, -0.15) is 0 Å². The summed E-state index contributed by atoms with van der Waals surface area (Å²) in [5.74, 6) is 5.18. The number of hydrogen-bond acceptors (Lipinski definition) is 3. The first-order chi connectivity index (χ1) is 5.38. The number of aliphatic hydroxyl groups excluding tert-OH is 1. The van der Waals surface area contributed by atoms with Crippen LogP contribution in [0.4, 0.5) is 0 Å². The van der Waals surface area contributed by atoms with Crippen molar-refractivity contribution in [1.29, 1.82) is 0 Å². The third kappa shape index (κ3) is 1.69. The lowest BCUT2D eigenvalue weighted by atomic mass is 10.3. The lowest BCUT2D eigenvalue weighted by Crippen LogP contribution is -1.79. The first-order valence-corrected chi connectivity index (χ1v) is 3.01. The highest BCUT2D eigenvalue weighted by Gasteiger charge is 1.99. The van der Waals surface area contributed by atoms with E-state index in [1.165, 1.54) is 6.26 Å². The van der Waals surface area contributed by atoms with Gasteiger partial charge in [-0.3, -0.25) is 4.79 Å². The second-order valence-electron chi connectivity index (χ2n) is 1.78. The molecule has 0 amide bonds. The van der Waals surface area contributed by atoms with Gasteiger partial charge in [-0.25, -0.2) is 0 Å². The normalized spacial score (nSPS) is 8.45. The van der Waals surface area contributed by atoms with Crippen molar-refractivity contribution >= 4 is 6.29 Å². The molecule has 0 spiro atoms. The third-order valence-corrected chi connectivity index (χ3v) is 1.10. The van der Waals surface area contributed by atoms with Gasteiger partial charge in [0.2, 0.25) is 0 Å².